The van der Waals surface area contributed by atoms with Gasteiger partial charge in [0.05, 0.1) is 10.7 Å². The Morgan fingerprint density at radius 1 is 1.00 bits per heavy atom. The van der Waals surface area contributed by atoms with Gasteiger partial charge in [0.2, 0.25) is 0 Å². The van der Waals surface area contributed by atoms with Crippen molar-refractivity contribution in [3.63, 3.8) is 0 Å². The Balaban J connectivity index is 1.85. The van der Waals surface area contributed by atoms with Crippen LogP contribution >= 0.6 is 23.2 Å². The summed E-state index contributed by atoms with van der Waals surface area (Å²) in [4.78, 5) is 23.4. The van der Waals surface area contributed by atoms with E-state index < -0.39 is 11.8 Å². The largest absolute Gasteiger partial charge is 0.329 e. The Labute approximate surface area is 149 Å². The van der Waals surface area contributed by atoms with Gasteiger partial charge in [-0.1, -0.05) is 59.6 Å². The summed E-state index contributed by atoms with van der Waals surface area (Å²) in [7, 11) is 0. The molecule has 0 spiro atoms. The van der Waals surface area contributed by atoms with Crippen molar-refractivity contribution in [1.82, 2.24) is 5.43 Å². The predicted octanol–water partition coefficient (Wildman–Crippen LogP) is 3.75. The highest BCUT2D eigenvalue weighted by Crippen LogP contribution is 2.25. The van der Waals surface area contributed by atoms with E-state index in [1.54, 1.807) is 12.1 Å². The highest BCUT2D eigenvalue weighted by molar-refractivity contribution is 6.42. The Kier molecular flexibility index (Phi) is 6.54. The fraction of sp³-hybridized carbons (Fsp3) is 0. The van der Waals surface area contributed by atoms with Gasteiger partial charge in [0.15, 0.2) is 0 Å². The quantitative estimate of drug-likeness (QED) is 0.494. The summed E-state index contributed by atoms with van der Waals surface area (Å²) in [6, 6.07) is 14.1. The number of anilines is 1. The van der Waals surface area contributed by atoms with E-state index >= 15 is 0 Å². The lowest BCUT2D eigenvalue weighted by atomic mass is 10.2. The zero-order valence-corrected chi connectivity index (χ0v) is 13.9. The van der Waals surface area contributed by atoms with Crippen LogP contribution in [0, 0.1) is 0 Å². The molecule has 0 saturated heterocycles. The second-order valence-corrected chi connectivity index (χ2v) is 5.41. The molecule has 2 rings (SSSR count). The first-order valence-electron chi connectivity index (χ1n) is 6.87. The molecule has 0 radical (unpaired) electrons. The first-order valence-corrected chi connectivity index (χ1v) is 7.63. The minimum Gasteiger partial charge on any atom is -0.316 e. The monoisotopic (exact) mass is 361 g/mol. The number of nitrogens with zero attached hydrogens (tertiary/aromatic N) is 1. The molecule has 0 saturated carbocycles. The number of carbonyl (C=O) groups is 2. The van der Waals surface area contributed by atoms with Crippen molar-refractivity contribution >= 4 is 53.0 Å². The standard InChI is InChI=1S/C17H13Cl2N3O2/c18-13-8-9-14(19)15(11-13)21-16(23)17(24)22-20-10-4-7-12-5-2-1-3-6-12/h1-11H,(H,21,23)(H,22,24)/b7-4+,20-10+. The third-order valence-electron chi connectivity index (χ3n) is 2.80. The maximum absolute atomic E-state index is 11.7. The third kappa shape index (κ3) is 5.53. The number of allylic oxidation sites excluding steroid dienone is 1. The summed E-state index contributed by atoms with van der Waals surface area (Å²) in [6.45, 7) is 0. The Bertz CT molecular complexity index is 790. The average Bonchev–Trinajstić information content (AvgIpc) is 2.58. The number of hydrogen-bond acceptors (Lipinski definition) is 3. The van der Waals surface area contributed by atoms with Gasteiger partial charge in [-0.3, -0.25) is 9.59 Å². The summed E-state index contributed by atoms with van der Waals surface area (Å²) >= 11 is 11.7. The van der Waals surface area contributed by atoms with Crippen LogP contribution in [0.15, 0.2) is 59.7 Å². The van der Waals surface area contributed by atoms with Crippen molar-refractivity contribution in [2.45, 2.75) is 0 Å². The van der Waals surface area contributed by atoms with Gasteiger partial charge in [-0.25, -0.2) is 5.43 Å². The van der Waals surface area contributed by atoms with E-state index in [2.05, 4.69) is 15.8 Å². The normalized spacial score (nSPS) is 10.9. The van der Waals surface area contributed by atoms with Gasteiger partial charge in [-0.15, -0.1) is 0 Å². The molecule has 2 aromatic carbocycles. The smallest absolute Gasteiger partial charge is 0.316 e. The zero-order chi connectivity index (χ0) is 17.4. The summed E-state index contributed by atoms with van der Waals surface area (Å²) in [5, 5.41) is 6.68. The SMILES string of the molecule is O=C(N/N=C/C=C/c1ccccc1)C(=O)Nc1cc(Cl)ccc1Cl. The molecule has 7 heteroatoms. The first kappa shape index (κ1) is 17.7. The second-order valence-electron chi connectivity index (χ2n) is 4.57. The maximum atomic E-state index is 11.7. The lowest BCUT2D eigenvalue weighted by Crippen LogP contribution is -2.32. The molecule has 0 fully saturated rings. The Morgan fingerprint density at radius 3 is 2.50 bits per heavy atom. The zero-order valence-electron chi connectivity index (χ0n) is 12.4. The molecule has 24 heavy (non-hydrogen) atoms. The minimum absolute atomic E-state index is 0.247. The fourth-order valence-electron chi connectivity index (χ4n) is 1.68. The van der Waals surface area contributed by atoms with Crippen LogP contribution in [0.2, 0.25) is 10.0 Å². The summed E-state index contributed by atoms with van der Waals surface area (Å²) in [6.07, 6.45) is 4.81. The minimum atomic E-state index is -0.921. The lowest BCUT2D eigenvalue weighted by Gasteiger charge is -2.06. The van der Waals surface area contributed by atoms with E-state index in [0.717, 1.165) is 5.56 Å². The van der Waals surface area contributed by atoms with Crippen LogP contribution in [-0.2, 0) is 9.59 Å². The van der Waals surface area contributed by atoms with E-state index in [4.69, 9.17) is 23.2 Å². The molecule has 0 aromatic heterocycles. The molecule has 0 bridgehead atoms. The lowest BCUT2D eigenvalue weighted by molar-refractivity contribution is -0.136. The molecule has 122 valence electrons. The summed E-state index contributed by atoms with van der Waals surface area (Å²) < 4.78 is 0. The molecule has 0 atom stereocenters. The molecule has 0 heterocycles. The molecule has 0 unspecified atom stereocenters. The van der Waals surface area contributed by atoms with E-state index in [1.165, 1.54) is 18.3 Å². The van der Waals surface area contributed by atoms with Crippen molar-refractivity contribution in [1.29, 1.82) is 0 Å². The maximum Gasteiger partial charge on any atom is 0.329 e. The van der Waals surface area contributed by atoms with Crippen LogP contribution in [0.3, 0.4) is 0 Å². The number of carbonyl (C=O) groups excluding carboxylic acids is 2. The molecular formula is C17H13Cl2N3O2. The van der Waals surface area contributed by atoms with Crippen LogP contribution in [-0.4, -0.2) is 18.0 Å². The first-order chi connectivity index (χ1) is 11.6. The number of amides is 2. The van der Waals surface area contributed by atoms with E-state index in [0.29, 0.717) is 5.02 Å². The van der Waals surface area contributed by atoms with Crippen molar-refractivity contribution in [2.75, 3.05) is 5.32 Å². The highest BCUT2D eigenvalue weighted by Gasteiger charge is 2.14. The van der Waals surface area contributed by atoms with E-state index in [1.807, 2.05) is 36.4 Å². The molecule has 0 aliphatic heterocycles. The second kappa shape index (κ2) is 8.86. The molecule has 5 nitrogen and oxygen atoms in total. The van der Waals surface area contributed by atoms with Crippen LogP contribution in [0.5, 0.6) is 0 Å². The Hall–Kier alpha value is -2.63. The third-order valence-corrected chi connectivity index (χ3v) is 3.36. The molecule has 2 N–H and O–H groups in total. The molecular weight excluding hydrogens is 349 g/mol. The predicted molar refractivity (Wildman–Crippen MR) is 97.2 cm³/mol. The molecule has 0 aliphatic carbocycles. The van der Waals surface area contributed by atoms with Gasteiger partial charge in [0.1, 0.15) is 0 Å². The van der Waals surface area contributed by atoms with Crippen LogP contribution in [0.1, 0.15) is 5.56 Å². The van der Waals surface area contributed by atoms with Crippen molar-refractivity contribution in [2.24, 2.45) is 5.10 Å². The highest BCUT2D eigenvalue weighted by atomic mass is 35.5. The molecule has 2 aromatic rings. The van der Waals surface area contributed by atoms with Crippen LogP contribution in [0.25, 0.3) is 6.08 Å². The molecule has 2 amide bonds. The van der Waals surface area contributed by atoms with Gasteiger partial charge in [-0.05, 0) is 29.8 Å². The van der Waals surface area contributed by atoms with Gasteiger partial charge < -0.3 is 5.32 Å². The van der Waals surface area contributed by atoms with E-state index in [-0.39, 0.29) is 10.7 Å². The fourth-order valence-corrected chi connectivity index (χ4v) is 2.02. The number of benzene rings is 2. The van der Waals surface area contributed by atoms with Gasteiger partial charge in [-0.2, -0.15) is 5.10 Å². The van der Waals surface area contributed by atoms with Crippen LogP contribution < -0.4 is 10.7 Å². The summed E-state index contributed by atoms with van der Waals surface area (Å²) in [5.74, 6) is -1.82. The summed E-state index contributed by atoms with van der Waals surface area (Å²) in [5.41, 5.74) is 3.35. The number of hydrazone groups is 1. The molecule has 0 aliphatic rings. The number of rotatable bonds is 4. The number of nitrogens with one attached hydrogen (secondary N) is 2. The van der Waals surface area contributed by atoms with Gasteiger partial charge in [0, 0.05) is 11.2 Å². The van der Waals surface area contributed by atoms with Crippen molar-refractivity contribution < 1.29 is 9.59 Å². The van der Waals surface area contributed by atoms with Gasteiger partial charge >= 0.3 is 11.8 Å². The number of halogens is 2. The van der Waals surface area contributed by atoms with Crippen LogP contribution in [0.4, 0.5) is 5.69 Å². The van der Waals surface area contributed by atoms with Gasteiger partial charge in [0.25, 0.3) is 0 Å². The number of hydrogen-bond donors (Lipinski definition) is 2. The van der Waals surface area contributed by atoms with E-state index in [9.17, 15) is 9.59 Å². The van der Waals surface area contributed by atoms with Crippen molar-refractivity contribution in [3.8, 4) is 0 Å². The van der Waals surface area contributed by atoms with Crippen molar-refractivity contribution in [3.05, 3.63) is 70.2 Å². The topological polar surface area (TPSA) is 70.6 Å². The average molecular weight is 362 g/mol. The Morgan fingerprint density at radius 2 is 1.75 bits per heavy atom.